The molecule has 0 bridgehead atoms. The predicted molar refractivity (Wildman–Crippen MR) is 109 cm³/mol. The van der Waals surface area contributed by atoms with E-state index in [0.717, 1.165) is 49.7 Å². The number of rotatable bonds is 7. The molecular weight excluding hydrogens is 379 g/mol. The second-order valence-electron chi connectivity index (χ2n) is 6.68. The molecule has 3 rings (SSSR count). The largest absolute Gasteiger partial charge is 0.369 e. The number of anilines is 1. The molecule has 2 amide bonds. The maximum atomic E-state index is 13.0. The van der Waals surface area contributed by atoms with Gasteiger partial charge in [-0.2, -0.15) is 0 Å². The van der Waals surface area contributed by atoms with Gasteiger partial charge in [0.1, 0.15) is 5.82 Å². The highest BCUT2D eigenvalue weighted by Crippen LogP contribution is 2.16. The molecule has 1 saturated heterocycles. The van der Waals surface area contributed by atoms with Crippen LogP contribution < -0.4 is 15.5 Å². The molecule has 1 aromatic carbocycles. The molecule has 1 aliphatic heterocycles. The molecule has 0 saturated carbocycles. The summed E-state index contributed by atoms with van der Waals surface area (Å²) in [5.41, 5.74) is 1.04. The first-order valence-electron chi connectivity index (χ1n) is 9.43. The third-order valence-corrected chi connectivity index (χ3v) is 5.59. The Morgan fingerprint density at radius 1 is 1.00 bits per heavy atom. The number of thiophene rings is 1. The van der Waals surface area contributed by atoms with E-state index in [2.05, 4.69) is 20.4 Å². The van der Waals surface area contributed by atoms with E-state index in [-0.39, 0.29) is 5.82 Å². The average molecular weight is 405 g/mol. The molecule has 2 heterocycles. The van der Waals surface area contributed by atoms with E-state index in [9.17, 15) is 14.0 Å². The molecule has 0 atom stereocenters. The van der Waals surface area contributed by atoms with Crippen molar-refractivity contribution in [2.24, 2.45) is 0 Å². The molecule has 2 N–H and O–H groups in total. The summed E-state index contributed by atoms with van der Waals surface area (Å²) in [5.74, 6) is -1.40. The van der Waals surface area contributed by atoms with Gasteiger partial charge in [0.15, 0.2) is 0 Å². The SMILES string of the molecule is O=C(NCCCN1CCN(c2ccc(F)cc2)CC1)C(=O)NCc1cccs1. The number of benzene rings is 1. The van der Waals surface area contributed by atoms with Crippen molar-refractivity contribution < 1.29 is 14.0 Å². The lowest BCUT2D eigenvalue weighted by molar-refractivity contribution is -0.139. The van der Waals surface area contributed by atoms with E-state index in [1.165, 1.54) is 12.1 Å². The summed E-state index contributed by atoms with van der Waals surface area (Å²) in [5, 5.41) is 7.22. The summed E-state index contributed by atoms with van der Waals surface area (Å²) in [6, 6.07) is 10.4. The highest BCUT2D eigenvalue weighted by Gasteiger charge is 2.17. The van der Waals surface area contributed by atoms with Gasteiger partial charge in [-0.1, -0.05) is 6.07 Å². The summed E-state index contributed by atoms with van der Waals surface area (Å²) >= 11 is 1.54. The Labute approximate surface area is 168 Å². The molecule has 0 unspecified atom stereocenters. The van der Waals surface area contributed by atoms with Gasteiger partial charge < -0.3 is 15.5 Å². The maximum absolute atomic E-state index is 13.0. The lowest BCUT2D eigenvalue weighted by Gasteiger charge is -2.36. The van der Waals surface area contributed by atoms with Crippen molar-refractivity contribution in [1.82, 2.24) is 15.5 Å². The van der Waals surface area contributed by atoms with Crippen molar-refractivity contribution in [3.8, 4) is 0 Å². The number of piperazine rings is 1. The van der Waals surface area contributed by atoms with E-state index < -0.39 is 11.8 Å². The highest BCUT2D eigenvalue weighted by molar-refractivity contribution is 7.09. The minimum Gasteiger partial charge on any atom is -0.369 e. The quantitative estimate of drug-likeness (QED) is 0.546. The molecular formula is C20H25FN4O2S. The number of nitrogens with zero attached hydrogens (tertiary/aromatic N) is 2. The normalized spacial score (nSPS) is 14.7. The van der Waals surface area contributed by atoms with Crippen molar-refractivity contribution in [1.29, 1.82) is 0 Å². The Bertz CT molecular complexity index is 759. The zero-order chi connectivity index (χ0) is 19.8. The fraction of sp³-hybridized carbons (Fsp3) is 0.400. The van der Waals surface area contributed by atoms with Gasteiger partial charge in [0, 0.05) is 43.3 Å². The fourth-order valence-corrected chi connectivity index (χ4v) is 3.77. The third kappa shape index (κ3) is 6.03. The Kier molecular flexibility index (Phi) is 7.39. The monoisotopic (exact) mass is 404 g/mol. The van der Waals surface area contributed by atoms with E-state index in [1.807, 2.05) is 29.6 Å². The second-order valence-corrected chi connectivity index (χ2v) is 7.71. The Morgan fingerprint density at radius 2 is 1.71 bits per heavy atom. The molecule has 8 heteroatoms. The Hall–Kier alpha value is -2.45. The minimum absolute atomic E-state index is 0.218. The summed E-state index contributed by atoms with van der Waals surface area (Å²) < 4.78 is 13.0. The maximum Gasteiger partial charge on any atom is 0.309 e. The number of hydrogen-bond donors (Lipinski definition) is 2. The van der Waals surface area contributed by atoms with Crippen LogP contribution in [0.1, 0.15) is 11.3 Å². The van der Waals surface area contributed by atoms with Crippen LogP contribution in [0.5, 0.6) is 0 Å². The van der Waals surface area contributed by atoms with Gasteiger partial charge >= 0.3 is 11.8 Å². The number of nitrogens with one attached hydrogen (secondary N) is 2. The molecule has 0 aliphatic carbocycles. The van der Waals surface area contributed by atoms with Gasteiger partial charge in [-0.15, -0.1) is 11.3 Å². The number of hydrogen-bond acceptors (Lipinski definition) is 5. The van der Waals surface area contributed by atoms with E-state index >= 15 is 0 Å². The van der Waals surface area contributed by atoms with Crippen LogP contribution in [-0.2, 0) is 16.1 Å². The second kappa shape index (κ2) is 10.2. The van der Waals surface area contributed by atoms with Gasteiger partial charge in [-0.25, -0.2) is 4.39 Å². The lowest BCUT2D eigenvalue weighted by Crippen LogP contribution is -2.47. The Morgan fingerprint density at radius 3 is 2.39 bits per heavy atom. The Balaban J connectivity index is 1.28. The molecule has 0 spiro atoms. The van der Waals surface area contributed by atoms with Crippen LogP contribution in [0.15, 0.2) is 41.8 Å². The molecule has 1 aromatic heterocycles. The van der Waals surface area contributed by atoms with Gasteiger partial charge in [0.25, 0.3) is 0 Å². The molecule has 28 heavy (non-hydrogen) atoms. The smallest absolute Gasteiger partial charge is 0.309 e. The van der Waals surface area contributed by atoms with Crippen molar-refractivity contribution >= 4 is 28.8 Å². The third-order valence-electron chi connectivity index (χ3n) is 4.71. The molecule has 6 nitrogen and oxygen atoms in total. The lowest BCUT2D eigenvalue weighted by atomic mass is 10.2. The first-order chi connectivity index (χ1) is 13.6. The van der Waals surface area contributed by atoms with Crippen LogP contribution in [0.3, 0.4) is 0 Å². The molecule has 1 fully saturated rings. The molecule has 150 valence electrons. The van der Waals surface area contributed by atoms with Crippen LogP contribution in [0.25, 0.3) is 0 Å². The molecule has 1 aliphatic rings. The minimum atomic E-state index is -0.596. The standard InChI is InChI=1S/C20H25FN4O2S/c21-16-4-6-17(7-5-16)25-12-10-24(11-13-25)9-2-8-22-19(26)20(27)23-15-18-3-1-14-28-18/h1,3-7,14H,2,8-13,15H2,(H,22,26)(H,23,27). The molecule has 0 radical (unpaired) electrons. The van der Waals surface area contributed by atoms with Crippen LogP contribution in [0, 0.1) is 5.82 Å². The predicted octanol–water partition coefficient (Wildman–Crippen LogP) is 1.83. The highest BCUT2D eigenvalue weighted by atomic mass is 32.1. The molecule has 2 aromatic rings. The van der Waals surface area contributed by atoms with Gasteiger partial charge in [-0.05, 0) is 48.7 Å². The first-order valence-corrected chi connectivity index (χ1v) is 10.3. The van der Waals surface area contributed by atoms with Crippen LogP contribution in [0.2, 0.25) is 0 Å². The van der Waals surface area contributed by atoms with Crippen molar-refractivity contribution in [2.45, 2.75) is 13.0 Å². The summed E-state index contributed by atoms with van der Waals surface area (Å²) in [6.45, 7) is 5.35. The number of carbonyl (C=O) groups excluding carboxylic acids is 2. The van der Waals surface area contributed by atoms with Gasteiger partial charge in [-0.3, -0.25) is 14.5 Å². The van der Waals surface area contributed by atoms with E-state index in [4.69, 9.17) is 0 Å². The topological polar surface area (TPSA) is 64.7 Å². The number of carbonyl (C=O) groups is 2. The van der Waals surface area contributed by atoms with Crippen molar-refractivity contribution in [3.05, 3.63) is 52.5 Å². The fourth-order valence-electron chi connectivity index (χ4n) is 3.13. The zero-order valence-corrected chi connectivity index (χ0v) is 16.5. The first kappa shape index (κ1) is 20.3. The van der Waals surface area contributed by atoms with E-state index in [1.54, 1.807) is 11.3 Å². The number of amides is 2. The summed E-state index contributed by atoms with van der Waals surface area (Å²) in [7, 11) is 0. The zero-order valence-electron chi connectivity index (χ0n) is 15.7. The van der Waals surface area contributed by atoms with Crippen molar-refractivity contribution in [3.63, 3.8) is 0 Å². The van der Waals surface area contributed by atoms with Crippen LogP contribution >= 0.6 is 11.3 Å². The van der Waals surface area contributed by atoms with Crippen LogP contribution in [-0.4, -0.2) is 56.0 Å². The number of halogens is 1. The van der Waals surface area contributed by atoms with Crippen LogP contribution in [0.4, 0.5) is 10.1 Å². The average Bonchev–Trinajstić information content (AvgIpc) is 3.24. The van der Waals surface area contributed by atoms with Gasteiger partial charge in [0.05, 0.1) is 6.54 Å². The summed E-state index contributed by atoms with van der Waals surface area (Å²) in [4.78, 5) is 29.2. The summed E-state index contributed by atoms with van der Waals surface area (Å²) in [6.07, 6.45) is 0.792. The van der Waals surface area contributed by atoms with Crippen molar-refractivity contribution in [2.75, 3.05) is 44.2 Å². The van der Waals surface area contributed by atoms with E-state index in [0.29, 0.717) is 13.1 Å². The van der Waals surface area contributed by atoms with Gasteiger partial charge in [0.2, 0.25) is 0 Å².